The molecule has 114 valence electrons. The lowest BCUT2D eigenvalue weighted by molar-refractivity contribution is -0.114. The Kier molecular flexibility index (Phi) is 4.34. The minimum absolute atomic E-state index is 0.141. The fraction of sp³-hybridized carbons (Fsp3) is 0.188. The molecule has 1 aliphatic rings. The van der Waals surface area contributed by atoms with E-state index in [0.29, 0.717) is 29.7 Å². The number of carbonyl (C=O) groups excluding carboxylic acids is 1. The van der Waals surface area contributed by atoms with Gasteiger partial charge in [0.2, 0.25) is 5.91 Å². The Hall–Kier alpha value is -2.40. The van der Waals surface area contributed by atoms with Gasteiger partial charge in [-0.15, -0.1) is 0 Å². The second kappa shape index (κ2) is 6.58. The maximum absolute atomic E-state index is 11.9. The molecule has 1 heterocycles. The normalized spacial score (nSPS) is 12.6. The Bertz CT molecular complexity index is 674. The summed E-state index contributed by atoms with van der Waals surface area (Å²) in [6.45, 7) is 1.25. The maximum atomic E-state index is 11.9. The number of amides is 1. The number of fused-ring (bicyclic) bond motifs is 1. The first-order valence-electron chi connectivity index (χ1n) is 6.90. The quantitative estimate of drug-likeness (QED) is 0.909. The van der Waals surface area contributed by atoms with Gasteiger partial charge in [0.05, 0.1) is 6.54 Å². The van der Waals surface area contributed by atoms with Crippen LogP contribution in [0.25, 0.3) is 0 Å². The summed E-state index contributed by atoms with van der Waals surface area (Å²) >= 11 is 5.80. The lowest BCUT2D eigenvalue weighted by Gasteiger charge is -2.19. The number of benzene rings is 2. The van der Waals surface area contributed by atoms with Crippen molar-refractivity contribution < 1.29 is 14.3 Å². The van der Waals surface area contributed by atoms with Gasteiger partial charge in [0.1, 0.15) is 13.2 Å². The first-order valence-corrected chi connectivity index (χ1v) is 7.27. The van der Waals surface area contributed by atoms with E-state index in [0.717, 1.165) is 11.4 Å². The average Bonchev–Trinajstić information content (AvgIpc) is 2.55. The number of hydrogen-bond donors (Lipinski definition) is 2. The van der Waals surface area contributed by atoms with E-state index in [1.54, 1.807) is 24.3 Å². The molecule has 0 unspecified atom stereocenters. The van der Waals surface area contributed by atoms with Crippen LogP contribution in [-0.4, -0.2) is 25.7 Å². The van der Waals surface area contributed by atoms with E-state index in [-0.39, 0.29) is 12.5 Å². The third kappa shape index (κ3) is 3.62. The van der Waals surface area contributed by atoms with Crippen LogP contribution in [0.1, 0.15) is 0 Å². The van der Waals surface area contributed by atoms with Crippen molar-refractivity contribution >= 4 is 28.9 Å². The fourth-order valence-electron chi connectivity index (χ4n) is 2.07. The summed E-state index contributed by atoms with van der Waals surface area (Å²) in [5.41, 5.74) is 1.51. The molecule has 22 heavy (non-hydrogen) atoms. The smallest absolute Gasteiger partial charge is 0.243 e. The lowest BCUT2D eigenvalue weighted by Crippen LogP contribution is -2.22. The Morgan fingerprint density at radius 3 is 2.45 bits per heavy atom. The SMILES string of the molecule is O=C(CNc1ccc2c(c1)OCCO2)Nc1ccc(Cl)cc1. The van der Waals surface area contributed by atoms with Gasteiger partial charge in [-0.3, -0.25) is 4.79 Å². The molecule has 3 rings (SSSR count). The van der Waals surface area contributed by atoms with Crippen LogP contribution in [0.3, 0.4) is 0 Å². The van der Waals surface area contributed by atoms with E-state index in [1.165, 1.54) is 0 Å². The standard InChI is InChI=1S/C16H15ClN2O3/c17-11-1-3-12(4-2-11)19-16(20)10-18-13-5-6-14-15(9-13)22-8-7-21-14/h1-6,9,18H,7-8,10H2,(H,19,20). The van der Waals surface area contributed by atoms with Crippen LogP contribution in [0.5, 0.6) is 11.5 Å². The Morgan fingerprint density at radius 2 is 1.68 bits per heavy atom. The topological polar surface area (TPSA) is 59.6 Å². The van der Waals surface area contributed by atoms with Crippen LogP contribution in [0.15, 0.2) is 42.5 Å². The van der Waals surface area contributed by atoms with Gasteiger partial charge in [-0.2, -0.15) is 0 Å². The molecule has 1 amide bonds. The molecule has 0 saturated heterocycles. The fourth-order valence-corrected chi connectivity index (χ4v) is 2.20. The van der Waals surface area contributed by atoms with Gasteiger partial charge in [0, 0.05) is 22.5 Å². The zero-order valence-electron chi connectivity index (χ0n) is 11.8. The van der Waals surface area contributed by atoms with E-state index in [1.807, 2.05) is 18.2 Å². The van der Waals surface area contributed by atoms with Crippen LogP contribution in [0.2, 0.25) is 5.02 Å². The van der Waals surface area contributed by atoms with Crippen molar-refractivity contribution in [2.24, 2.45) is 0 Å². The largest absolute Gasteiger partial charge is 0.486 e. The molecular weight excluding hydrogens is 304 g/mol. The highest BCUT2D eigenvalue weighted by Crippen LogP contribution is 2.32. The lowest BCUT2D eigenvalue weighted by atomic mass is 10.2. The summed E-state index contributed by atoms with van der Waals surface area (Å²) in [5, 5.41) is 6.47. The molecule has 1 aliphatic heterocycles. The zero-order valence-corrected chi connectivity index (χ0v) is 12.5. The minimum Gasteiger partial charge on any atom is -0.486 e. The van der Waals surface area contributed by atoms with E-state index in [4.69, 9.17) is 21.1 Å². The van der Waals surface area contributed by atoms with E-state index >= 15 is 0 Å². The van der Waals surface area contributed by atoms with Crippen molar-refractivity contribution in [1.82, 2.24) is 0 Å². The minimum atomic E-state index is -0.141. The maximum Gasteiger partial charge on any atom is 0.243 e. The second-order valence-corrected chi connectivity index (χ2v) is 5.20. The summed E-state index contributed by atoms with van der Waals surface area (Å²) in [7, 11) is 0. The van der Waals surface area contributed by atoms with E-state index in [2.05, 4.69) is 10.6 Å². The first-order chi connectivity index (χ1) is 10.7. The van der Waals surface area contributed by atoms with Crippen molar-refractivity contribution in [2.75, 3.05) is 30.4 Å². The van der Waals surface area contributed by atoms with Gasteiger partial charge < -0.3 is 20.1 Å². The Balaban J connectivity index is 1.55. The van der Waals surface area contributed by atoms with Gasteiger partial charge in [0.15, 0.2) is 11.5 Å². The molecule has 0 aliphatic carbocycles. The zero-order chi connectivity index (χ0) is 15.4. The third-order valence-corrected chi connectivity index (χ3v) is 3.38. The van der Waals surface area contributed by atoms with Crippen molar-refractivity contribution in [2.45, 2.75) is 0 Å². The third-order valence-electron chi connectivity index (χ3n) is 3.12. The number of halogens is 1. The molecule has 0 saturated carbocycles. The van der Waals surface area contributed by atoms with Crippen LogP contribution in [-0.2, 0) is 4.79 Å². The summed E-state index contributed by atoms with van der Waals surface area (Å²) in [6, 6.07) is 12.5. The second-order valence-electron chi connectivity index (χ2n) is 4.77. The summed E-state index contributed by atoms with van der Waals surface area (Å²) in [5.74, 6) is 1.27. The van der Waals surface area contributed by atoms with Crippen molar-refractivity contribution in [3.05, 3.63) is 47.5 Å². The van der Waals surface area contributed by atoms with Crippen LogP contribution in [0.4, 0.5) is 11.4 Å². The predicted octanol–water partition coefficient (Wildman–Crippen LogP) is 3.16. The van der Waals surface area contributed by atoms with E-state index in [9.17, 15) is 4.79 Å². The number of carbonyl (C=O) groups is 1. The molecule has 0 bridgehead atoms. The highest BCUT2D eigenvalue weighted by Gasteiger charge is 2.12. The molecule has 0 fully saturated rings. The van der Waals surface area contributed by atoms with E-state index < -0.39 is 0 Å². The molecule has 0 spiro atoms. The van der Waals surface area contributed by atoms with Gasteiger partial charge in [-0.05, 0) is 36.4 Å². The molecular formula is C16H15ClN2O3. The number of nitrogens with one attached hydrogen (secondary N) is 2. The van der Waals surface area contributed by atoms with Crippen LogP contribution < -0.4 is 20.1 Å². The highest BCUT2D eigenvalue weighted by atomic mass is 35.5. The summed E-state index contributed by atoms with van der Waals surface area (Å²) in [4.78, 5) is 11.9. The molecule has 0 radical (unpaired) electrons. The average molecular weight is 319 g/mol. The molecule has 0 aromatic heterocycles. The monoisotopic (exact) mass is 318 g/mol. The highest BCUT2D eigenvalue weighted by molar-refractivity contribution is 6.30. The van der Waals surface area contributed by atoms with Gasteiger partial charge in [0.25, 0.3) is 0 Å². The molecule has 2 aromatic rings. The number of anilines is 2. The van der Waals surface area contributed by atoms with Crippen molar-refractivity contribution in [3.8, 4) is 11.5 Å². The first kappa shape index (κ1) is 14.5. The Labute approximate surface area is 133 Å². The summed E-state index contributed by atoms with van der Waals surface area (Å²) in [6.07, 6.45) is 0. The summed E-state index contributed by atoms with van der Waals surface area (Å²) < 4.78 is 10.9. The van der Waals surface area contributed by atoms with Gasteiger partial charge in [-0.25, -0.2) is 0 Å². The van der Waals surface area contributed by atoms with Crippen molar-refractivity contribution in [3.63, 3.8) is 0 Å². The molecule has 2 N–H and O–H groups in total. The van der Waals surface area contributed by atoms with Gasteiger partial charge >= 0.3 is 0 Å². The Morgan fingerprint density at radius 1 is 1.00 bits per heavy atom. The molecule has 5 nitrogen and oxygen atoms in total. The van der Waals surface area contributed by atoms with Crippen LogP contribution >= 0.6 is 11.6 Å². The number of ether oxygens (including phenoxy) is 2. The van der Waals surface area contributed by atoms with Crippen LogP contribution in [0, 0.1) is 0 Å². The van der Waals surface area contributed by atoms with Crippen molar-refractivity contribution in [1.29, 1.82) is 0 Å². The predicted molar refractivity (Wildman–Crippen MR) is 86.0 cm³/mol. The molecule has 0 atom stereocenters. The number of rotatable bonds is 4. The van der Waals surface area contributed by atoms with Gasteiger partial charge in [-0.1, -0.05) is 11.6 Å². The molecule has 6 heteroatoms. The number of hydrogen-bond acceptors (Lipinski definition) is 4. The molecule has 2 aromatic carbocycles.